The minimum absolute atomic E-state index is 0.0479. The van der Waals surface area contributed by atoms with Crippen molar-refractivity contribution in [3.8, 4) is 11.5 Å². The number of aromatic hydroxyl groups is 2. The Bertz CT molecular complexity index is 1180. The number of unbranched alkanes of at least 4 members (excludes halogenated alkanes) is 1. The Kier molecular flexibility index (Phi) is 20.1. The molecule has 0 aliphatic carbocycles. The van der Waals surface area contributed by atoms with Crippen LogP contribution in [-0.4, -0.2) is 58.0 Å². The number of hydrogen-bond acceptors (Lipinski definition) is 7. The first kappa shape index (κ1) is 38.9. The van der Waals surface area contributed by atoms with Gasteiger partial charge in [-0.3, -0.25) is 14.4 Å². The van der Waals surface area contributed by atoms with Gasteiger partial charge in [0.1, 0.15) is 5.60 Å². The minimum Gasteiger partial charge on any atom is -0.504 e. The van der Waals surface area contributed by atoms with E-state index in [9.17, 15) is 24.6 Å². The Labute approximate surface area is 268 Å². The Morgan fingerprint density at radius 3 is 1.98 bits per heavy atom. The lowest BCUT2D eigenvalue weighted by atomic mass is 10.00. The zero-order valence-electron chi connectivity index (χ0n) is 27.0. The molecule has 0 spiro atoms. The van der Waals surface area contributed by atoms with Gasteiger partial charge in [0.05, 0.1) is 13.0 Å². The lowest BCUT2D eigenvalue weighted by molar-refractivity contribution is -0.177. The highest BCUT2D eigenvalue weighted by molar-refractivity contribution is 5.83. The second-order valence-corrected chi connectivity index (χ2v) is 10.9. The third-order valence-electron chi connectivity index (χ3n) is 6.51. The number of nitrogens with one attached hydrogen (secondary N) is 1. The van der Waals surface area contributed by atoms with Crippen molar-refractivity contribution in [1.29, 1.82) is 0 Å². The molecule has 0 aliphatic heterocycles. The van der Waals surface area contributed by atoms with Gasteiger partial charge in [-0.15, -0.1) is 0 Å². The number of aliphatic carboxylic acids is 1. The molecule has 4 N–H and O–H groups in total. The van der Waals surface area contributed by atoms with Gasteiger partial charge in [-0.05, 0) is 82.9 Å². The summed E-state index contributed by atoms with van der Waals surface area (Å²) in [6.45, 7) is 5.22. The van der Waals surface area contributed by atoms with Gasteiger partial charge in [0.25, 0.3) is 5.91 Å². The van der Waals surface area contributed by atoms with Crippen molar-refractivity contribution in [3.63, 3.8) is 0 Å². The Hall–Kier alpha value is -4.11. The molecular weight excluding hydrogens is 574 g/mol. The van der Waals surface area contributed by atoms with Crippen LogP contribution in [0.3, 0.4) is 0 Å². The highest BCUT2D eigenvalue weighted by Crippen LogP contribution is 2.26. The van der Waals surface area contributed by atoms with Crippen LogP contribution in [0.1, 0.15) is 84.1 Å². The van der Waals surface area contributed by atoms with Crippen molar-refractivity contribution in [1.82, 2.24) is 5.32 Å². The lowest BCUT2D eigenvalue weighted by Gasteiger charge is -2.33. The summed E-state index contributed by atoms with van der Waals surface area (Å²) in [5.41, 5.74) is -0.668. The number of benzene rings is 1. The highest BCUT2D eigenvalue weighted by atomic mass is 16.6. The molecule has 45 heavy (non-hydrogen) atoms. The minimum atomic E-state index is -1.33. The van der Waals surface area contributed by atoms with Crippen LogP contribution in [0.5, 0.6) is 11.5 Å². The molecule has 0 bridgehead atoms. The quantitative estimate of drug-likeness (QED) is 0.0447. The first-order valence-electron chi connectivity index (χ1n) is 15.7. The summed E-state index contributed by atoms with van der Waals surface area (Å²) < 4.78 is 11.5. The van der Waals surface area contributed by atoms with E-state index >= 15 is 0 Å². The van der Waals surface area contributed by atoms with Crippen LogP contribution in [0.4, 0.5) is 0 Å². The van der Waals surface area contributed by atoms with E-state index in [-0.39, 0.29) is 37.5 Å². The van der Waals surface area contributed by atoms with Crippen LogP contribution < -0.4 is 5.32 Å². The maximum absolute atomic E-state index is 12.9. The maximum atomic E-state index is 12.9. The van der Waals surface area contributed by atoms with Crippen molar-refractivity contribution in [2.24, 2.45) is 0 Å². The molecule has 9 nitrogen and oxygen atoms in total. The van der Waals surface area contributed by atoms with Crippen LogP contribution in [0, 0.1) is 0 Å². The Balaban J connectivity index is 2.47. The average Bonchev–Trinajstić information content (AvgIpc) is 2.98. The molecule has 9 heteroatoms. The van der Waals surface area contributed by atoms with Gasteiger partial charge in [0, 0.05) is 13.0 Å². The zero-order chi connectivity index (χ0) is 33.3. The maximum Gasteiger partial charge on any atom is 0.306 e. The molecular formula is C36H51NO8. The number of carboxylic acid groups (broad SMARTS) is 1. The van der Waals surface area contributed by atoms with E-state index in [1.165, 1.54) is 12.1 Å². The van der Waals surface area contributed by atoms with Crippen molar-refractivity contribution < 1.29 is 39.2 Å². The fourth-order valence-electron chi connectivity index (χ4n) is 4.13. The number of phenols is 2. The monoisotopic (exact) mass is 625 g/mol. The fourth-order valence-corrected chi connectivity index (χ4v) is 4.13. The van der Waals surface area contributed by atoms with Gasteiger partial charge in [-0.2, -0.15) is 0 Å². The SMILES string of the molecule is CC/C=C\C/C=C\C/C=C\C/C=C\C/C=C\CCCC(=O)OC(C)(C)C(OCCc1ccc(O)c(O)c1)C(=O)NCCC(=O)O. The molecule has 0 heterocycles. The van der Waals surface area contributed by atoms with Crippen LogP contribution in [0.15, 0.2) is 79.0 Å². The predicted molar refractivity (Wildman–Crippen MR) is 177 cm³/mol. The molecule has 248 valence electrons. The molecule has 1 aromatic carbocycles. The summed E-state index contributed by atoms with van der Waals surface area (Å²) >= 11 is 0. The molecule has 0 saturated carbocycles. The number of carbonyl (C=O) groups excluding carboxylic acids is 2. The number of ether oxygens (including phenoxy) is 2. The molecule has 1 amide bonds. The number of hydrogen-bond donors (Lipinski definition) is 4. The van der Waals surface area contributed by atoms with Crippen molar-refractivity contribution >= 4 is 17.8 Å². The Morgan fingerprint density at radius 2 is 1.42 bits per heavy atom. The van der Waals surface area contributed by atoms with E-state index in [1.807, 2.05) is 6.08 Å². The number of phenolic OH excluding ortho intramolecular Hbond substituents is 2. The van der Waals surface area contributed by atoms with Gasteiger partial charge in [-0.1, -0.05) is 73.8 Å². The molecule has 0 saturated heterocycles. The largest absolute Gasteiger partial charge is 0.504 e. The first-order valence-corrected chi connectivity index (χ1v) is 15.7. The van der Waals surface area contributed by atoms with Crippen LogP contribution in [0.2, 0.25) is 0 Å². The summed E-state index contributed by atoms with van der Waals surface area (Å²) in [5.74, 6) is -2.64. The molecule has 0 aliphatic rings. The second-order valence-electron chi connectivity index (χ2n) is 10.9. The first-order chi connectivity index (χ1) is 21.6. The predicted octanol–water partition coefficient (Wildman–Crippen LogP) is 6.86. The van der Waals surface area contributed by atoms with E-state index in [0.29, 0.717) is 24.8 Å². The van der Waals surface area contributed by atoms with E-state index in [2.05, 4.69) is 66.9 Å². The molecule has 0 fully saturated rings. The number of esters is 1. The molecule has 1 atom stereocenters. The van der Waals surface area contributed by atoms with Gasteiger partial charge in [0.15, 0.2) is 17.6 Å². The normalized spacial score (nSPS) is 13.0. The van der Waals surface area contributed by atoms with Crippen molar-refractivity contribution in [2.75, 3.05) is 13.2 Å². The number of carboxylic acids is 1. The molecule has 0 radical (unpaired) electrons. The average molecular weight is 626 g/mol. The lowest BCUT2D eigenvalue weighted by Crippen LogP contribution is -2.52. The summed E-state index contributed by atoms with van der Waals surface area (Å²) in [5, 5.41) is 30.6. The number of allylic oxidation sites excluding steroid dienone is 10. The smallest absolute Gasteiger partial charge is 0.306 e. The topological polar surface area (TPSA) is 142 Å². The second kappa shape index (κ2) is 23.3. The summed E-state index contributed by atoms with van der Waals surface area (Å²) in [4.78, 5) is 36.4. The number of amides is 1. The van der Waals surface area contributed by atoms with Gasteiger partial charge in [0.2, 0.25) is 0 Å². The van der Waals surface area contributed by atoms with E-state index < -0.39 is 29.6 Å². The van der Waals surface area contributed by atoms with E-state index in [0.717, 1.165) is 32.1 Å². The summed E-state index contributed by atoms with van der Waals surface area (Å²) in [7, 11) is 0. The molecule has 1 aromatic rings. The van der Waals surface area contributed by atoms with Crippen LogP contribution in [-0.2, 0) is 30.3 Å². The summed E-state index contributed by atoms with van der Waals surface area (Å²) in [6.07, 6.45) is 26.3. The van der Waals surface area contributed by atoms with E-state index in [4.69, 9.17) is 14.6 Å². The fraction of sp³-hybridized carbons (Fsp3) is 0.472. The van der Waals surface area contributed by atoms with Crippen molar-refractivity contribution in [2.45, 2.75) is 96.7 Å². The summed E-state index contributed by atoms with van der Waals surface area (Å²) in [6, 6.07) is 4.36. The third kappa shape index (κ3) is 19.0. The number of rotatable bonds is 23. The third-order valence-corrected chi connectivity index (χ3v) is 6.51. The van der Waals surface area contributed by atoms with Crippen molar-refractivity contribution in [3.05, 3.63) is 84.5 Å². The van der Waals surface area contributed by atoms with Gasteiger partial charge in [-0.25, -0.2) is 0 Å². The van der Waals surface area contributed by atoms with E-state index in [1.54, 1.807) is 19.9 Å². The molecule has 0 aromatic heterocycles. The van der Waals surface area contributed by atoms with Crippen LogP contribution >= 0.6 is 0 Å². The standard InChI is InChI=1S/C36H51NO8/c1-4-5-6-7-8-9-10-11-12-13-14-15-16-17-18-19-20-21-33(42)45-36(2,3)34(35(43)37-26-24-32(40)41)44-27-25-29-22-23-30(38)31(39)28-29/h5-6,8-9,11-12,14-15,17-18,22-23,28,34,38-39H,4,7,10,13,16,19-21,24-27H2,1-3H3,(H,37,43)(H,40,41)/b6-5-,9-8-,12-11-,15-14-,18-17-. The number of carbonyl (C=O) groups is 3. The molecule has 1 unspecified atom stereocenters. The molecule has 1 rings (SSSR count). The highest BCUT2D eigenvalue weighted by Gasteiger charge is 2.39. The zero-order valence-corrected chi connectivity index (χ0v) is 27.0. The van der Waals surface area contributed by atoms with Gasteiger partial charge < -0.3 is 30.1 Å². The Morgan fingerprint density at radius 1 is 0.844 bits per heavy atom. The van der Waals surface area contributed by atoms with Crippen LogP contribution in [0.25, 0.3) is 0 Å². The van der Waals surface area contributed by atoms with Gasteiger partial charge >= 0.3 is 11.9 Å².